The summed E-state index contributed by atoms with van der Waals surface area (Å²) < 4.78 is 10.9. The van der Waals surface area contributed by atoms with E-state index in [2.05, 4.69) is 6.07 Å². The van der Waals surface area contributed by atoms with Gasteiger partial charge in [-0.15, -0.1) is 0 Å². The van der Waals surface area contributed by atoms with Crippen LogP contribution in [0.4, 0.5) is 0 Å². The summed E-state index contributed by atoms with van der Waals surface area (Å²) in [6.45, 7) is 1.48. The maximum absolute atomic E-state index is 11.2. The van der Waals surface area contributed by atoms with Crippen LogP contribution < -0.4 is 4.74 Å². The van der Waals surface area contributed by atoms with E-state index in [1.165, 1.54) is 13.3 Å². The molecular weight excluding hydrogens is 228 g/mol. The topological polar surface area (TPSA) is 35.5 Å². The van der Waals surface area contributed by atoms with Crippen molar-refractivity contribution < 1.29 is 14.3 Å². The number of para-hydroxylation sites is 1. The molecule has 0 aromatic heterocycles. The molecule has 0 unspecified atom stereocenters. The van der Waals surface area contributed by atoms with Crippen LogP contribution in [0.15, 0.2) is 24.3 Å². The minimum Gasteiger partial charge on any atom is -0.496 e. The highest BCUT2D eigenvalue weighted by atomic mass is 16.5. The Hall–Kier alpha value is -1.51. The molecule has 1 aromatic rings. The number of hydrogen-bond donors (Lipinski definition) is 0. The fraction of sp³-hybridized carbons (Fsp3) is 0.533. The summed E-state index contributed by atoms with van der Waals surface area (Å²) in [5.41, 5.74) is 1.16. The van der Waals surface area contributed by atoms with Gasteiger partial charge in [0, 0.05) is 18.4 Å². The highest BCUT2D eigenvalue weighted by Gasteiger charge is 2.30. The molecule has 0 radical (unpaired) electrons. The van der Waals surface area contributed by atoms with E-state index in [4.69, 9.17) is 9.47 Å². The lowest BCUT2D eigenvalue weighted by Crippen LogP contribution is -2.28. The molecule has 1 aliphatic rings. The molecule has 0 aliphatic heterocycles. The third-order valence-corrected chi connectivity index (χ3v) is 3.56. The number of rotatable bonds is 3. The Morgan fingerprint density at radius 1 is 1.22 bits per heavy atom. The maximum atomic E-state index is 11.2. The summed E-state index contributed by atoms with van der Waals surface area (Å²) >= 11 is 0. The first kappa shape index (κ1) is 12.9. The van der Waals surface area contributed by atoms with Gasteiger partial charge in [-0.1, -0.05) is 24.6 Å². The molecule has 1 aromatic carbocycles. The van der Waals surface area contributed by atoms with Crippen LogP contribution in [0.1, 0.15) is 44.1 Å². The van der Waals surface area contributed by atoms with Crippen molar-refractivity contribution >= 4 is 5.97 Å². The van der Waals surface area contributed by atoms with Crippen molar-refractivity contribution in [2.45, 2.75) is 44.6 Å². The minimum atomic E-state index is -0.193. The molecular formula is C15H20O3. The van der Waals surface area contributed by atoms with Gasteiger partial charge in [0.1, 0.15) is 11.9 Å². The standard InChI is InChI=1S/C15H20O3/c1-11(16)18-15-10-6-4-8-13(15)12-7-3-5-9-14(12)17-2/h3,5,7,9,13,15H,4,6,8,10H2,1-2H3/t13-,15+/m1/s1. The number of esters is 1. The number of carbonyl (C=O) groups excluding carboxylic acids is 1. The van der Waals surface area contributed by atoms with Crippen LogP contribution >= 0.6 is 0 Å². The molecule has 3 nitrogen and oxygen atoms in total. The molecule has 0 bridgehead atoms. The van der Waals surface area contributed by atoms with E-state index >= 15 is 0 Å². The van der Waals surface area contributed by atoms with Gasteiger partial charge in [0.05, 0.1) is 7.11 Å². The molecule has 1 fully saturated rings. The Morgan fingerprint density at radius 2 is 1.94 bits per heavy atom. The summed E-state index contributed by atoms with van der Waals surface area (Å²) in [6.07, 6.45) is 4.30. The molecule has 2 atom stereocenters. The number of ether oxygens (including phenoxy) is 2. The summed E-state index contributed by atoms with van der Waals surface area (Å²) in [5.74, 6) is 0.960. The normalized spacial score (nSPS) is 23.4. The van der Waals surface area contributed by atoms with Crippen molar-refractivity contribution in [2.75, 3.05) is 7.11 Å². The minimum absolute atomic E-state index is 0.00690. The molecule has 3 heteroatoms. The second-order valence-electron chi connectivity index (χ2n) is 4.78. The zero-order valence-corrected chi connectivity index (χ0v) is 11.0. The lowest BCUT2D eigenvalue weighted by molar-refractivity contribution is -0.148. The molecule has 0 saturated heterocycles. The van der Waals surface area contributed by atoms with Crippen LogP contribution in [0, 0.1) is 0 Å². The van der Waals surface area contributed by atoms with Gasteiger partial charge in [-0.25, -0.2) is 0 Å². The second-order valence-corrected chi connectivity index (χ2v) is 4.78. The monoisotopic (exact) mass is 248 g/mol. The lowest BCUT2D eigenvalue weighted by Gasteiger charge is -2.31. The van der Waals surface area contributed by atoms with Gasteiger partial charge >= 0.3 is 5.97 Å². The Labute approximate surface area is 108 Å². The molecule has 1 aliphatic carbocycles. The summed E-state index contributed by atoms with van der Waals surface area (Å²) in [5, 5.41) is 0. The highest BCUT2D eigenvalue weighted by molar-refractivity contribution is 5.66. The van der Waals surface area contributed by atoms with Gasteiger partial charge in [-0.2, -0.15) is 0 Å². The zero-order valence-electron chi connectivity index (χ0n) is 11.0. The molecule has 1 saturated carbocycles. The molecule has 0 amide bonds. The van der Waals surface area contributed by atoms with Crippen LogP contribution in [0.2, 0.25) is 0 Å². The van der Waals surface area contributed by atoms with E-state index < -0.39 is 0 Å². The molecule has 18 heavy (non-hydrogen) atoms. The SMILES string of the molecule is COc1ccccc1[C@H]1CCCC[C@@H]1OC(C)=O. The quantitative estimate of drug-likeness (QED) is 0.770. The van der Waals surface area contributed by atoms with Crippen molar-refractivity contribution in [3.05, 3.63) is 29.8 Å². The van der Waals surface area contributed by atoms with Crippen LogP contribution in [0.3, 0.4) is 0 Å². The van der Waals surface area contributed by atoms with Crippen molar-refractivity contribution in [2.24, 2.45) is 0 Å². The summed E-state index contributed by atoms with van der Waals surface area (Å²) in [7, 11) is 1.68. The van der Waals surface area contributed by atoms with Crippen LogP contribution in [-0.4, -0.2) is 19.2 Å². The second kappa shape index (κ2) is 5.89. The average Bonchev–Trinajstić information content (AvgIpc) is 2.39. The molecule has 98 valence electrons. The van der Waals surface area contributed by atoms with Gasteiger partial charge < -0.3 is 9.47 Å². The fourth-order valence-corrected chi connectivity index (χ4v) is 2.78. The van der Waals surface area contributed by atoms with Gasteiger partial charge in [-0.05, 0) is 25.3 Å². The number of benzene rings is 1. The predicted octanol–water partition coefficient (Wildman–Crippen LogP) is 3.28. The van der Waals surface area contributed by atoms with Gasteiger partial charge in [0.2, 0.25) is 0 Å². The molecule has 2 rings (SSSR count). The summed E-state index contributed by atoms with van der Waals surface area (Å²) in [6, 6.07) is 8.02. The van der Waals surface area contributed by atoms with Crippen LogP contribution in [0.25, 0.3) is 0 Å². The Morgan fingerprint density at radius 3 is 2.67 bits per heavy atom. The van der Waals surface area contributed by atoms with E-state index in [1.54, 1.807) is 7.11 Å². The zero-order chi connectivity index (χ0) is 13.0. The Balaban J connectivity index is 2.24. The van der Waals surface area contributed by atoms with E-state index in [0.29, 0.717) is 0 Å². The lowest BCUT2D eigenvalue weighted by atomic mass is 9.81. The van der Waals surface area contributed by atoms with E-state index in [0.717, 1.165) is 30.6 Å². The molecule has 0 N–H and O–H groups in total. The third-order valence-electron chi connectivity index (χ3n) is 3.56. The van der Waals surface area contributed by atoms with Crippen LogP contribution in [0.5, 0.6) is 5.75 Å². The number of carbonyl (C=O) groups is 1. The molecule has 0 heterocycles. The average molecular weight is 248 g/mol. The van der Waals surface area contributed by atoms with Crippen molar-refractivity contribution in [3.63, 3.8) is 0 Å². The summed E-state index contributed by atoms with van der Waals surface area (Å²) in [4.78, 5) is 11.2. The van der Waals surface area contributed by atoms with Gasteiger partial charge in [0.25, 0.3) is 0 Å². The number of methoxy groups -OCH3 is 1. The van der Waals surface area contributed by atoms with Crippen molar-refractivity contribution in [1.29, 1.82) is 0 Å². The van der Waals surface area contributed by atoms with Crippen molar-refractivity contribution in [1.82, 2.24) is 0 Å². The van der Waals surface area contributed by atoms with Crippen LogP contribution in [-0.2, 0) is 9.53 Å². The first-order valence-electron chi connectivity index (χ1n) is 6.52. The maximum Gasteiger partial charge on any atom is 0.302 e. The van der Waals surface area contributed by atoms with Gasteiger partial charge in [0.15, 0.2) is 0 Å². The third kappa shape index (κ3) is 2.84. The fourth-order valence-electron chi connectivity index (χ4n) is 2.78. The first-order chi connectivity index (χ1) is 8.72. The smallest absolute Gasteiger partial charge is 0.302 e. The Kier molecular flexibility index (Phi) is 4.24. The largest absolute Gasteiger partial charge is 0.496 e. The van der Waals surface area contributed by atoms with E-state index in [-0.39, 0.29) is 18.0 Å². The highest BCUT2D eigenvalue weighted by Crippen LogP contribution is 2.39. The molecule has 0 spiro atoms. The predicted molar refractivity (Wildman–Crippen MR) is 69.8 cm³/mol. The van der Waals surface area contributed by atoms with E-state index in [1.807, 2.05) is 18.2 Å². The first-order valence-corrected chi connectivity index (χ1v) is 6.52. The van der Waals surface area contributed by atoms with Crippen molar-refractivity contribution in [3.8, 4) is 5.75 Å². The number of hydrogen-bond acceptors (Lipinski definition) is 3. The van der Waals surface area contributed by atoms with E-state index in [9.17, 15) is 4.79 Å². The van der Waals surface area contributed by atoms with Gasteiger partial charge in [-0.3, -0.25) is 4.79 Å². The Bertz CT molecular complexity index is 414.